The molecule has 0 spiro atoms. The monoisotopic (exact) mass is 229 g/mol. The largest absolute Gasteiger partial charge is 0.478 e. The van der Waals surface area contributed by atoms with E-state index in [2.05, 4.69) is 18.7 Å². The van der Waals surface area contributed by atoms with Crippen LogP contribution in [-0.4, -0.2) is 48.8 Å². The van der Waals surface area contributed by atoms with Crippen molar-refractivity contribution in [3.8, 4) is 0 Å². The summed E-state index contributed by atoms with van der Waals surface area (Å²) in [5.41, 5.74) is 0.475. The van der Waals surface area contributed by atoms with Gasteiger partial charge in [-0.1, -0.05) is 13.0 Å². The minimum atomic E-state index is -0.821. The van der Waals surface area contributed by atoms with Gasteiger partial charge in [0.2, 0.25) is 0 Å². The summed E-state index contributed by atoms with van der Waals surface area (Å²) < 4.78 is 5.02. The maximum Gasteiger partial charge on any atom is 0.331 e. The van der Waals surface area contributed by atoms with Crippen LogP contribution in [0.2, 0.25) is 0 Å². The fourth-order valence-electron chi connectivity index (χ4n) is 1.38. The van der Waals surface area contributed by atoms with E-state index in [0.29, 0.717) is 31.2 Å². The van der Waals surface area contributed by atoms with Crippen LogP contribution >= 0.6 is 0 Å². The lowest BCUT2D eigenvalue weighted by Crippen LogP contribution is -2.34. The van der Waals surface area contributed by atoms with E-state index < -0.39 is 5.97 Å². The average molecular weight is 229 g/mol. The van der Waals surface area contributed by atoms with Crippen molar-refractivity contribution < 1.29 is 14.6 Å². The van der Waals surface area contributed by atoms with Gasteiger partial charge in [0.1, 0.15) is 0 Å². The number of carboxylic acid groups (broad SMARTS) is 1. The molecule has 0 saturated carbocycles. The first-order valence-corrected chi connectivity index (χ1v) is 5.68. The van der Waals surface area contributed by atoms with Crippen molar-refractivity contribution in [1.29, 1.82) is 0 Å². The normalized spacial score (nSPS) is 12.5. The molecule has 0 aliphatic heterocycles. The third kappa shape index (κ3) is 5.88. The molecule has 0 aromatic heterocycles. The number of hydrogen-bond donors (Lipinski definition) is 1. The molecule has 0 atom stereocenters. The van der Waals surface area contributed by atoms with E-state index in [1.807, 2.05) is 6.92 Å². The molecule has 0 fully saturated rings. The Bertz CT molecular complexity index is 236. The Labute approximate surface area is 97.9 Å². The first-order valence-electron chi connectivity index (χ1n) is 5.68. The lowest BCUT2D eigenvalue weighted by atomic mass is 10.2. The van der Waals surface area contributed by atoms with Crippen LogP contribution in [0.25, 0.3) is 0 Å². The second-order valence-corrected chi connectivity index (χ2v) is 3.97. The Hall–Kier alpha value is -0.870. The summed E-state index contributed by atoms with van der Waals surface area (Å²) in [5.74, 6) is -0.821. The predicted molar refractivity (Wildman–Crippen MR) is 64.6 cm³/mol. The number of hydrogen-bond acceptors (Lipinski definition) is 3. The van der Waals surface area contributed by atoms with E-state index in [4.69, 9.17) is 9.84 Å². The number of methoxy groups -OCH3 is 1. The van der Waals surface area contributed by atoms with Gasteiger partial charge in [-0.25, -0.2) is 4.79 Å². The highest BCUT2D eigenvalue weighted by Gasteiger charge is 2.09. The molecule has 1 N–H and O–H groups in total. The van der Waals surface area contributed by atoms with Crippen LogP contribution in [0.5, 0.6) is 0 Å². The van der Waals surface area contributed by atoms with E-state index in [1.54, 1.807) is 13.2 Å². The van der Waals surface area contributed by atoms with Crippen molar-refractivity contribution in [1.82, 2.24) is 4.90 Å². The molecule has 0 saturated heterocycles. The fourth-order valence-corrected chi connectivity index (χ4v) is 1.38. The third-order valence-corrected chi connectivity index (χ3v) is 2.54. The SMILES string of the molecule is CCC(=CCN(CCOC)C(C)C)C(=O)O. The molecular weight excluding hydrogens is 206 g/mol. The minimum absolute atomic E-state index is 0.387. The van der Waals surface area contributed by atoms with Gasteiger partial charge in [0.25, 0.3) is 0 Å². The van der Waals surface area contributed by atoms with Gasteiger partial charge in [0.15, 0.2) is 0 Å². The Morgan fingerprint density at radius 3 is 2.50 bits per heavy atom. The van der Waals surface area contributed by atoms with Crippen molar-refractivity contribution in [3.63, 3.8) is 0 Å². The van der Waals surface area contributed by atoms with Gasteiger partial charge >= 0.3 is 5.97 Å². The maximum atomic E-state index is 10.8. The van der Waals surface area contributed by atoms with Crippen LogP contribution in [0.3, 0.4) is 0 Å². The van der Waals surface area contributed by atoms with E-state index in [0.717, 1.165) is 6.54 Å². The number of ether oxygens (including phenoxy) is 1. The number of nitrogens with zero attached hydrogens (tertiary/aromatic N) is 1. The van der Waals surface area contributed by atoms with Crippen molar-refractivity contribution in [3.05, 3.63) is 11.6 Å². The van der Waals surface area contributed by atoms with Crippen molar-refractivity contribution in [2.24, 2.45) is 0 Å². The maximum absolute atomic E-state index is 10.8. The molecule has 4 heteroatoms. The van der Waals surface area contributed by atoms with Gasteiger partial charge in [0.05, 0.1) is 6.61 Å². The molecular formula is C12H23NO3. The molecule has 0 bridgehead atoms. The summed E-state index contributed by atoms with van der Waals surface area (Å²) in [6.07, 6.45) is 2.35. The summed E-state index contributed by atoms with van der Waals surface area (Å²) in [5, 5.41) is 8.89. The summed E-state index contributed by atoms with van der Waals surface area (Å²) in [4.78, 5) is 13.0. The van der Waals surface area contributed by atoms with Crippen LogP contribution in [-0.2, 0) is 9.53 Å². The molecule has 0 aromatic carbocycles. The summed E-state index contributed by atoms with van der Waals surface area (Å²) in [7, 11) is 1.67. The van der Waals surface area contributed by atoms with Crippen LogP contribution < -0.4 is 0 Å². The second-order valence-electron chi connectivity index (χ2n) is 3.97. The number of aliphatic carboxylic acids is 1. The number of rotatable bonds is 8. The van der Waals surface area contributed by atoms with E-state index in [9.17, 15) is 4.79 Å². The predicted octanol–water partition coefficient (Wildman–Crippen LogP) is 1.76. The molecule has 0 unspecified atom stereocenters. The van der Waals surface area contributed by atoms with Gasteiger partial charge in [-0.2, -0.15) is 0 Å². The zero-order valence-electron chi connectivity index (χ0n) is 10.7. The van der Waals surface area contributed by atoms with Crippen molar-refractivity contribution in [2.75, 3.05) is 26.8 Å². The standard InChI is InChI=1S/C12H23NO3/c1-5-11(12(14)15)6-7-13(10(2)3)8-9-16-4/h6,10H,5,7-9H2,1-4H3,(H,14,15). The van der Waals surface area contributed by atoms with E-state index in [1.165, 1.54) is 0 Å². The van der Waals surface area contributed by atoms with Gasteiger partial charge in [0, 0.05) is 31.8 Å². The second kappa shape index (κ2) is 8.30. The highest BCUT2D eigenvalue weighted by molar-refractivity contribution is 5.86. The molecule has 0 aromatic rings. The third-order valence-electron chi connectivity index (χ3n) is 2.54. The molecule has 0 heterocycles. The van der Waals surface area contributed by atoms with Gasteiger partial charge in [-0.3, -0.25) is 4.90 Å². The number of carbonyl (C=O) groups is 1. The van der Waals surface area contributed by atoms with E-state index >= 15 is 0 Å². The highest BCUT2D eigenvalue weighted by Crippen LogP contribution is 2.04. The molecule has 0 rings (SSSR count). The first kappa shape index (κ1) is 15.1. The number of carboxylic acids is 1. The molecule has 0 aliphatic carbocycles. The minimum Gasteiger partial charge on any atom is -0.478 e. The quantitative estimate of drug-likeness (QED) is 0.644. The Morgan fingerprint density at radius 1 is 1.50 bits per heavy atom. The molecule has 4 nitrogen and oxygen atoms in total. The lowest BCUT2D eigenvalue weighted by molar-refractivity contribution is -0.132. The first-order chi connectivity index (χ1) is 7.52. The van der Waals surface area contributed by atoms with Crippen LogP contribution in [0.15, 0.2) is 11.6 Å². The zero-order valence-corrected chi connectivity index (χ0v) is 10.7. The van der Waals surface area contributed by atoms with Gasteiger partial charge in [-0.15, -0.1) is 0 Å². The molecule has 94 valence electrons. The van der Waals surface area contributed by atoms with Crippen LogP contribution in [0, 0.1) is 0 Å². The van der Waals surface area contributed by atoms with Gasteiger partial charge < -0.3 is 9.84 Å². The lowest BCUT2D eigenvalue weighted by Gasteiger charge is -2.24. The molecule has 0 amide bonds. The van der Waals surface area contributed by atoms with Gasteiger partial charge in [-0.05, 0) is 20.3 Å². The summed E-state index contributed by atoms with van der Waals surface area (Å²) in [6, 6.07) is 0.387. The molecule has 0 aliphatic rings. The van der Waals surface area contributed by atoms with Crippen molar-refractivity contribution in [2.45, 2.75) is 33.2 Å². The van der Waals surface area contributed by atoms with Crippen LogP contribution in [0.4, 0.5) is 0 Å². The average Bonchev–Trinajstić information content (AvgIpc) is 2.22. The molecule has 16 heavy (non-hydrogen) atoms. The van der Waals surface area contributed by atoms with E-state index in [-0.39, 0.29) is 0 Å². The Morgan fingerprint density at radius 2 is 2.12 bits per heavy atom. The van der Waals surface area contributed by atoms with Crippen LogP contribution in [0.1, 0.15) is 27.2 Å². The summed E-state index contributed by atoms with van der Waals surface area (Å²) >= 11 is 0. The fraction of sp³-hybridized carbons (Fsp3) is 0.750. The zero-order chi connectivity index (χ0) is 12.6. The van der Waals surface area contributed by atoms with Crippen molar-refractivity contribution >= 4 is 5.97 Å². The Kier molecular flexibility index (Phi) is 7.85. The topological polar surface area (TPSA) is 49.8 Å². The molecule has 0 radical (unpaired) electrons. The smallest absolute Gasteiger partial charge is 0.331 e. The highest BCUT2D eigenvalue weighted by atomic mass is 16.5. The summed E-state index contributed by atoms with van der Waals surface area (Å²) in [6.45, 7) is 8.19. The Balaban J connectivity index is 4.33.